The van der Waals surface area contributed by atoms with Gasteiger partial charge in [0.2, 0.25) is 5.91 Å². The third kappa shape index (κ3) is 8.32. The van der Waals surface area contributed by atoms with Crippen molar-refractivity contribution in [3.8, 4) is 0 Å². The average Bonchev–Trinajstić information content (AvgIpc) is 3.13. The molecular formula is C18H26IN5O2. The molecule has 0 aromatic carbocycles. The first-order valence-electron chi connectivity index (χ1n) is 8.30. The molecule has 142 valence electrons. The molecule has 26 heavy (non-hydrogen) atoms. The number of nitrogens with one attached hydrogen (secondary N) is 2. The summed E-state index contributed by atoms with van der Waals surface area (Å²) in [5, 5.41) is 6.47. The molecule has 7 nitrogen and oxygen atoms in total. The Hall–Kier alpha value is -2.10. The molecular weight excluding hydrogens is 445 g/mol. The van der Waals surface area contributed by atoms with Crippen LogP contribution in [0.25, 0.3) is 0 Å². The van der Waals surface area contributed by atoms with Gasteiger partial charge in [0.15, 0.2) is 5.96 Å². The molecule has 0 bridgehead atoms. The minimum Gasteiger partial charge on any atom is -0.469 e. The van der Waals surface area contributed by atoms with Gasteiger partial charge in [-0.25, -0.2) is 4.99 Å². The molecule has 0 fully saturated rings. The van der Waals surface area contributed by atoms with Crippen LogP contribution in [0.2, 0.25) is 0 Å². The number of hydrogen-bond donors (Lipinski definition) is 2. The summed E-state index contributed by atoms with van der Waals surface area (Å²) in [5.74, 6) is 1.47. The quantitative estimate of drug-likeness (QED) is 0.348. The fourth-order valence-corrected chi connectivity index (χ4v) is 2.08. The lowest BCUT2D eigenvalue weighted by Crippen LogP contribution is -2.40. The van der Waals surface area contributed by atoms with Gasteiger partial charge >= 0.3 is 0 Å². The highest BCUT2D eigenvalue weighted by molar-refractivity contribution is 14.0. The maximum atomic E-state index is 11.7. The van der Waals surface area contributed by atoms with Gasteiger partial charge in [0.25, 0.3) is 0 Å². The summed E-state index contributed by atoms with van der Waals surface area (Å²) < 4.78 is 5.31. The van der Waals surface area contributed by atoms with Gasteiger partial charge in [-0.1, -0.05) is 6.07 Å². The van der Waals surface area contributed by atoms with Crippen molar-refractivity contribution in [3.05, 3.63) is 54.2 Å². The minimum absolute atomic E-state index is 0. The molecule has 0 aliphatic heterocycles. The first-order chi connectivity index (χ1) is 12.1. The predicted octanol–water partition coefficient (Wildman–Crippen LogP) is 1.70. The molecule has 0 saturated heterocycles. The Morgan fingerprint density at radius 1 is 1.15 bits per heavy atom. The molecule has 2 N–H and O–H groups in total. The first kappa shape index (κ1) is 21.9. The van der Waals surface area contributed by atoms with E-state index in [4.69, 9.17) is 4.42 Å². The Kier molecular flexibility index (Phi) is 10.4. The number of hydrogen-bond acceptors (Lipinski definition) is 4. The zero-order valence-electron chi connectivity index (χ0n) is 15.1. The van der Waals surface area contributed by atoms with Gasteiger partial charge in [-0.3, -0.25) is 9.78 Å². The lowest BCUT2D eigenvalue weighted by molar-refractivity contribution is -0.127. The van der Waals surface area contributed by atoms with Crippen LogP contribution < -0.4 is 10.6 Å². The van der Waals surface area contributed by atoms with Gasteiger partial charge in [0.05, 0.1) is 6.26 Å². The van der Waals surface area contributed by atoms with E-state index in [9.17, 15) is 4.79 Å². The van der Waals surface area contributed by atoms with Crippen LogP contribution in [0.3, 0.4) is 0 Å². The van der Waals surface area contributed by atoms with E-state index in [0.29, 0.717) is 19.0 Å². The number of carbonyl (C=O) groups is 1. The summed E-state index contributed by atoms with van der Waals surface area (Å²) in [5.41, 5.74) is 1.01. The zero-order valence-corrected chi connectivity index (χ0v) is 17.5. The van der Waals surface area contributed by atoms with Gasteiger partial charge in [0, 0.05) is 51.9 Å². The molecule has 8 heteroatoms. The van der Waals surface area contributed by atoms with Crippen molar-refractivity contribution >= 4 is 35.8 Å². The number of furan rings is 1. The maximum absolute atomic E-state index is 11.7. The van der Waals surface area contributed by atoms with Crippen molar-refractivity contribution in [2.45, 2.75) is 12.8 Å². The molecule has 0 unspecified atom stereocenters. The SMILES string of the molecule is CN(C)C(=O)CN=C(NCCc1ccccn1)NCCc1ccco1.I. The molecule has 0 aliphatic carbocycles. The Morgan fingerprint density at radius 3 is 2.54 bits per heavy atom. The van der Waals surface area contributed by atoms with Gasteiger partial charge in [0.1, 0.15) is 12.3 Å². The smallest absolute Gasteiger partial charge is 0.243 e. The van der Waals surface area contributed by atoms with E-state index < -0.39 is 0 Å². The number of rotatable bonds is 8. The third-order valence-electron chi connectivity index (χ3n) is 3.51. The Morgan fingerprint density at radius 2 is 1.92 bits per heavy atom. The largest absolute Gasteiger partial charge is 0.469 e. The molecule has 2 aromatic rings. The zero-order chi connectivity index (χ0) is 17.9. The van der Waals surface area contributed by atoms with Crippen molar-refractivity contribution in [1.29, 1.82) is 0 Å². The predicted molar refractivity (Wildman–Crippen MR) is 113 cm³/mol. The molecule has 1 amide bonds. The number of likely N-dealkylation sites (N-methyl/N-ethyl adjacent to an activating group) is 1. The van der Waals surface area contributed by atoms with Crippen LogP contribution >= 0.6 is 24.0 Å². The van der Waals surface area contributed by atoms with Gasteiger partial charge in [-0.2, -0.15) is 0 Å². The topological polar surface area (TPSA) is 82.8 Å². The van der Waals surface area contributed by atoms with Crippen LogP contribution in [0.4, 0.5) is 0 Å². The standard InChI is InChI=1S/C18H25N5O2.HI/c1-23(2)17(24)14-22-18(21-12-9-16-7-5-13-25-16)20-11-8-15-6-3-4-10-19-15;/h3-7,10,13H,8-9,11-12,14H2,1-2H3,(H2,20,21,22);1H. The van der Waals surface area contributed by atoms with Crippen LogP contribution in [-0.4, -0.2) is 55.5 Å². The summed E-state index contributed by atoms with van der Waals surface area (Å²) in [4.78, 5) is 21.9. The lowest BCUT2D eigenvalue weighted by atomic mass is 10.3. The molecule has 2 aromatic heterocycles. The van der Waals surface area contributed by atoms with Crippen LogP contribution in [0.1, 0.15) is 11.5 Å². The molecule has 0 saturated carbocycles. The average molecular weight is 471 g/mol. The number of aromatic nitrogens is 1. The molecule has 0 aliphatic rings. The fourth-order valence-electron chi connectivity index (χ4n) is 2.08. The summed E-state index contributed by atoms with van der Waals surface area (Å²) in [7, 11) is 3.44. The summed E-state index contributed by atoms with van der Waals surface area (Å²) >= 11 is 0. The Bertz CT molecular complexity index is 659. The van der Waals surface area contributed by atoms with Crippen molar-refractivity contribution in [1.82, 2.24) is 20.5 Å². The Labute approximate surface area is 171 Å². The van der Waals surface area contributed by atoms with Gasteiger partial charge in [-0.15, -0.1) is 24.0 Å². The van der Waals surface area contributed by atoms with Crippen molar-refractivity contribution < 1.29 is 9.21 Å². The molecule has 0 atom stereocenters. The Balaban J connectivity index is 0.00000338. The van der Waals surface area contributed by atoms with Crippen LogP contribution in [0, 0.1) is 0 Å². The molecule has 2 heterocycles. The number of halogens is 1. The van der Waals surface area contributed by atoms with E-state index in [2.05, 4.69) is 20.6 Å². The second-order valence-corrected chi connectivity index (χ2v) is 5.71. The van der Waals surface area contributed by atoms with E-state index in [-0.39, 0.29) is 36.4 Å². The molecule has 2 rings (SSSR count). The van der Waals surface area contributed by atoms with Crippen molar-refractivity contribution in [2.75, 3.05) is 33.7 Å². The molecule has 0 spiro atoms. The maximum Gasteiger partial charge on any atom is 0.243 e. The van der Waals surface area contributed by atoms with Crippen molar-refractivity contribution in [2.24, 2.45) is 4.99 Å². The van der Waals surface area contributed by atoms with Crippen LogP contribution in [-0.2, 0) is 17.6 Å². The summed E-state index contributed by atoms with van der Waals surface area (Å²) in [6.07, 6.45) is 4.96. The van der Waals surface area contributed by atoms with Crippen molar-refractivity contribution in [3.63, 3.8) is 0 Å². The number of pyridine rings is 1. The lowest BCUT2D eigenvalue weighted by Gasteiger charge is -2.13. The number of carbonyl (C=O) groups excluding carboxylic acids is 1. The van der Waals surface area contributed by atoms with E-state index in [0.717, 1.165) is 24.3 Å². The number of nitrogens with zero attached hydrogens (tertiary/aromatic N) is 3. The molecule has 0 radical (unpaired) electrons. The minimum atomic E-state index is -0.0446. The second kappa shape index (κ2) is 12.3. The van der Waals surface area contributed by atoms with Gasteiger partial charge in [-0.05, 0) is 24.3 Å². The first-order valence-corrected chi connectivity index (χ1v) is 8.30. The highest BCUT2D eigenvalue weighted by Crippen LogP contribution is 1.99. The van der Waals surface area contributed by atoms with E-state index in [1.807, 2.05) is 30.3 Å². The number of amides is 1. The number of guanidine groups is 1. The van der Waals surface area contributed by atoms with Gasteiger partial charge < -0.3 is 20.0 Å². The van der Waals surface area contributed by atoms with Crippen LogP contribution in [0.5, 0.6) is 0 Å². The van der Waals surface area contributed by atoms with E-state index >= 15 is 0 Å². The highest BCUT2D eigenvalue weighted by Gasteiger charge is 2.05. The summed E-state index contributed by atoms with van der Waals surface area (Å²) in [6.45, 7) is 1.45. The fraction of sp³-hybridized carbons (Fsp3) is 0.389. The third-order valence-corrected chi connectivity index (χ3v) is 3.51. The van der Waals surface area contributed by atoms with Crippen LogP contribution in [0.15, 0.2) is 52.2 Å². The monoisotopic (exact) mass is 471 g/mol. The van der Waals surface area contributed by atoms with E-state index in [1.54, 1.807) is 26.6 Å². The normalized spacial score (nSPS) is 10.8. The summed E-state index contributed by atoms with van der Waals surface area (Å²) in [6, 6.07) is 9.65. The second-order valence-electron chi connectivity index (χ2n) is 5.71. The number of aliphatic imine (C=N–C) groups is 1. The highest BCUT2D eigenvalue weighted by atomic mass is 127. The van der Waals surface area contributed by atoms with E-state index in [1.165, 1.54) is 4.90 Å².